The average Bonchev–Trinajstić information content (AvgIpc) is 2.01. The molecule has 1 aromatic heterocycles. The highest BCUT2D eigenvalue weighted by molar-refractivity contribution is 14.1. The maximum absolute atomic E-state index is 12.2. The molecule has 0 aliphatic carbocycles. The first-order valence-corrected chi connectivity index (χ1v) is 4.83. The molecule has 0 fully saturated rings. The summed E-state index contributed by atoms with van der Waals surface area (Å²) in [6.07, 6.45) is -2.72. The summed E-state index contributed by atoms with van der Waals surface area (Å²) < 4.78 is 24.5. The molecule has 1 aromatic rings. The molecule has 0 saturated heterocycles. The van der Waals surface area contributed by atoms with Crippen LogP contribution in [0.5, 0.6) is 0 Å². The van der Waals surface area contributed by atoms with Crippen LogP contribution in [0.25, 0.3) is 0 Å². The Kier molecular flexibility index (Phi) is 3.59. The topological polar surface area (TPSA) is 56.0 Å². The first-order valence-electron chi connectivity index (χ1n) is 3.37. The van der Waals surface area contributed by atoms with Crippen molar-refractivity contribution >= 4 is 45.1 Å². The monoisotopic (exact) mass is 332 g/mol. The number of nitrogens with two attached hydrogens (primary N) is 1. The van der Waals surface area contributed by atoms with Gasteiger partial charge in [-0.05, 0) is 40.3 Å². The van der Waals surface area contributed by atoms with Crippen LogP contribution >= 0.6 is 34.2 Å². The molecule has 2 N–H and O–H groups in total. The van der Waals surface area contributed by atoms with Crippen molar-refractivity contribution < 1.29 is 13.6 Å². The molecule has 1 rings (SSSR count). The van der Waals surface area contributed by atoms with Gasteiger partial charge < -0.3 is 5.73 Å². The van der Waals surface area contributed by atoms with E-state index in [0.717, 1.165) is 6.07 Å². The van der Waals surface area contributed by atoms with Crippen molar-refractivity contribution in [3.63, 3.8) is 0 Å². The van der Waals surface area contributed by atoms with Crippen LogP contribution in [0.4, 0.5) is 14.5 Å². The quantitative estimate of drug-likeness (QED) is 0.514. The van der Waals surface area contributed by atoms with Crippen molar-refractivity contribution in [3.8, 4) is 0 Å². The summed E-state index contributed by atoms with van der Waals surface area (Å²) in [5.41, 5.74) is 4.80. The third kappa shape index (κ3) is 2.30. The second-order valence-electron chi connectivity index (χ2n) is 2.38. The average molecular weight is 332 g/mol. The fraction of sp³-hybridized carbons (Fsp3) is 0.143. The predicted octanol–water partition coefficient (Wildman–Crippen LogP) is 2.59. The Labute approximate surface area is 96.8 Å². The van der Waals surface area contributed by atoms with Gasteiger partial charge in [0.05, 0.1) is 5.56 Å². The number of anilines is 1. The van der Waals surface area contributed by atoms with Gasteiger partial charge in [0.2, 0.25) is 0 Å². The Morgan fingerprint density at radius 2 is 2.21 bits per heavy atom. The Balaban J connectivity index is 3.32. The number of rotatable bonds is 2. The van der Waals surface area contributed by atoms with Crippen LogP contribution in [-0.4, -0.2) is 10.2 Å². The molecule has 3 nitrogen and oxygen atoms in total. The van der Waals surface area contributed by atoms with Crippen LogP contribution in [0.3, 0.4) is 0 Å². The zero-order chi connectivity index (χ0) is 10.9. The number of hydrogen-bond donors (Lipinski definition) is 1. The zero-order valence-electron chi connectivity index (χ0n) is 6.60. The fourth-order valence-corrected chi connectivity index (χ4v) is 2.05. The van der Waals surface area contributed by atoms with Crippen LogP contribution in [0.15, 0.2) is 6.07 Å². The molecule has 0 atom stereocenters. The van der Waals surface area contributed by atoms with Crippen LogP contribution in [0, 0.1) is 3.70 Å². The Bertz CT molecular complexity index is 363. The number of pyridine rings is 1. The van der Waals surface area contributed by atoms with Gasteiger partial charge in [0, 0.05) is 5.69 Å². The van der Waals surface area contributed by atoms with Crippen LogP contribution in [0.2, 0.25) is 0 Å². The molecular formula is C7H4ClF2IN2O. The number of aromatic nitrogens is 1. The highest BCUT2D eigenvalue weighted by Crippen LogP contribution is 2.25. The van der Waals surface area contributed by atoms with Crippen molar-refractivity contribution in [2.75, 3.05) is 5.73 Å². The zero-order valence-corrected chi connectivity index (χ0v) is 9.51. The van der Waals surface area contributed by atoms with E-state index in [1.165, 1.54) is 0 Å². The van der Waals surface area contributed by atoms with Gasteiger partial charge in [-0.1, -0.05) is 0 Å². The fourth-order valence-electron chi connectivity index (χ4n) is 0.858. The second kappa shape index (κ2) is 4.35. The van der Waals surface area contributed by atoms with Crippen LogP contribution < -0.4 is 5.73 Å². The summed E-state index contributed by atoms with van der Waals surface area (Å²) in [6.45, 7) is 0. The largest absolute Gasteiger partial charge is 0.398 e. The lowest BCUT2D eigenvalue weighted by Gasteiger charge is -2.06. The number of carbonyl (C=O) groups is 1. The molecule has 0 saturated carbocycles. The summed E-state index contributed by atoms with van der Waals surface area (Å²) in [6, 6.07) is 0.947. The molecule has 0 aliphatic rings. The second-order valence-corrected chi connectivity index (χ2v) is 3.74. The molecule has 0 spiro atoms. The van der Waals surface area contributed by atoms with Gasteiger partial charge in [0.15, 0.2) is 0 Å². The van der Waals surface area contributed by atoms with Crippen LogP contribution in [-0.2, 0) is 0 Å². The van der Waals surface area contributed by atoms with Gasteiger partial charge in [-0.25, -0.2) is 13.8 Å². The lowest BCUT2D eigenvalue weighted by molar-refractivity contribution is 0.108. The van der Waals surface area contributed by atoms with E-state index < -0.39 is 17.4 Å². The predicted molar refractivity (Wildman–Crippen MR) is 56.5 cm³/mol. The van der Waals surface area contributed by atoms with Gasteiger partial charge in [-0.15, -0.1) is 0 Å². The summed E-state index contributed by atoms with van der Waals surface area (Å²) in [5, 5.41) is -0.805. The van der Waals surface area contributed by atoms with E-state index >= 15 is 0 Å². The molecule has 0 bridgehead atoms. The number of alkyl halides is 2. The third-order valence-corrected chi connectivity index (χ3v) is 2.42. The van der Waals surface area contributed by atoms with Gasteiger partial charge in [0.25, 0.3) is 11.7 Å². The minimum Gasteiger partial charge on any atom is -0.398 e. The smallest absolute Gasteiger partial charge is 0.280 e. The number of nitrogens with zero attached hydrogens (tertiary/aromatic N) is 1. The lowest BCUT2D eigenvalue weighted by atomic mass is 10.2. The Hall–Kier alpha value is -0.500. The molecule has 76 valence electrons. The van der Waals surface area contributed by atoms with E-state index in [2.05, 4.69) is 4.98 Å². The van der Waals surface area contributed by atoms with Crippen molar-refractivity contribution in [1.29, 1.82) is 0 Å². The lowest BCUT2D eigenvalue weighted by Crippen LogP contribution is -2.06. The molecule has 0 aromatic carbocycles. The Morgan fingerprint density at radius 1 is 1.64 bits per heavy atom. The van der Waals surface area contributed by atoms with E-state index in [4.69, 9.17) is 17.3 Å². The normalized spacial score (nSPS) is 10.6. The van der Waals surface area contributed by atoms with Crippen molar-refractivity contribution in [1.82, 2.24) is 4.98 Å². The van der Waals surface area contributed by atoms with Gasteiger partial charge in [-0.3, -0.25) is 4.79 Å². The van der Waals surface area contributed by atoms with E-state index in [1.807, 2.05) is 0 Å². The third-order valence-electron chi connectivity index (χ3n) is 1.45. The first-order chi connectivity index (χ1) is 6.43. The maximum atomic E-state index is 12.2. The molecule has 0 radical (unpaired) electrons. The molecular weight excluding hydrogens is 328 g/mol. The van der Waals surface area contributed by atoms with Crippen LogP contribution in [0.1, 0.15) is 22.5 Å². The Morgan fingerprint density at radius 3 is 2.57 bits per heavy atom. The molecule has 0 unspecified atom stereocenters. The minimum atomic E-state index is -2.72. The number of hydrogen-bond acceptors (Lipinski definition) is 3. The van der Waals surface area contributed by atoms with Crippen molar-refractivity contribution in [2.45, 2.75) is 6.43 Å². The first kappa shape index (κ1) is 11.6. The molecule has 7 heteroatoms. The highest BCUT2D eigenvalue weighted by Gasteiger charge is 2.18. The van der Waals surface area contributed by atoms with E-state index in [-0.39, 0.29) is 15.0 Å². The SMILES string of the molecule is Nc1cc(C(F)F)nc(I)c1C(=O)Cl. The molecule has 0 amide bonds. The number of carbonyl (C=O) groups excluding carboxylic acids is 1. The standard InChI is InChI=1S/C7H4ClF2IN2O/c8-5(14)4-2(12)1-3(6(9)10)13-7(4)11/h1,6H,(H2,12,13). The van der Waals surface area contributed by atoms with E-state index in [1.54, 1.807) is 22.6 Å². The summed E-state index contributed by atoms with van der Waals surface area (Å²) in [5.74, 6) is 0. The maximum Gasteiger partial charge on any atom is 0.280 e. The highest BCUT2D eigenvalue weighted by atomic mass is 127. The summed E-state index contributed by atoms with van der Waals surface area (Å²) >= 11 is 6.82. The summed E-state index contributed by atoms with van der Waals surface area (Å²) in [4.78, 5) is 14.3. The van der Waals surface area contributed by atoms with Crippen molar-refractivity contribution in [3.05, 3.63) is 21.0 Å². The van der Waals surface area contributed by atoms with Gasteiger partial charge >= 0.3 is 0 Å². The summed E-state index contributed by atoms with van der Waals surface area (Å²) in [7, 11) is 0. The molecule has 14 heavy (non-hydrogen) atoms. The van der Waals surface area contributed by atoms with E-state index in [0.29, 0.717) is 0 Å². The molecule has 0 aliphatic heterocycles. The number of halogens is 4. The molecule has 1 heterocycles. The number of nitrogen functional groups attached to an aromatic ring is 1. The minimum absolute atomic E-state index is 0.0309. The van der Waals surface area contributed by atoms with Gasteiger partial charge in [0.1, 0.15) is 9.39 Å². The van der Waals surface area contributed by atoms with Crippen molar-refractivity contribution in [2.24, 2.45) is 0 Å². The van der Waals surface area contributed by atoms with E-state index in [9.17, 15) is 13.6 Å². The van der Waals surface area contributed by atoms with Gasteiger partial charge in [-0.2, -0.15) is 0 Å².